The highest BCUT2D eigenvalue weighted by Gasteiger charge is 2.42. The molecular weight excluding hydrogens is 246 g/mol. The second kappa shape index (κ2) is 6.49. The molecule has 3 saturated carbocycles. The maximum atomic E-state index is 12.1. The van der Waals surface area contributed by atoms with Gasteiger partial charge in [0.05, 0.1) is 0 Å². The number of carbonyl (C=O) groups is 1. The summed E-state index contributed by atoms with van der Waals surface area (Å²) in [6.07, 6.45) is 14.4. The zero-order chi connectivity index (χ0) is 13.9. The number of hydrogen-bond donors (Lipinski definition) is 1. The van der Waals surface area contributed by atoms with Gasteiger partial charge in [0.15, 0.2) is 0 Å². The van der Waals surface area contributed by atoms with Crippen molar-refractivity contribution in [2.45, 2.75) is 83.6 Å². The van der Waals surface area contributed by atoms with Crippen molar-refractivity contribution in [3.63, 3.8) is 0 Å². The van der Waals surface area contributed by atoms with E-state index >= 15 is 0 Å². The van der Waals surface area contributed by atoms with Gasteiger partial charge in [0, 0.05) is 12.5 Å². The molecular formula is C18H31NO. The highest BCUT2D eigenvalue weighted by Crippen LogP contribution is 2.49. The van der Waals surface area contributed by atoms with Gasteiger partial charge in [0.2, 0.25) is 5.91 Å². The number of carbonyl (C=O) groups excluding carboxylic acids is 1. The third kappa shape index (κ3) is 3.38. The second-order valence-corrected chi connectivity index (χ2v) is 7.74. The van der Waals surface area contributed by atoms with Crippen molar-refractivity contribution in [3.8, 4) is 0 Å². The molecule has 0 unspecified atom stereocenters. The molecule has 0 aromatic rings. The molecule has 2 heteroatoms. The topological polar surface area (TPSA) is 29.1 Å². The summed E-state index contributed by atoms with van der Waals surface area (Å²) < 4.78 is 0. The first-order valence-electron chi connectivity index (χ1n) is 9.01. The van der Waals surface area contributed by atoms with Crippen LogP contribution in [0, 0.1) is 23.7 Å². The molecule has 0 spiro atoms. The molecule has 0 aliphatic heterocycles. The molecule has 0 saturated heterocycles. The fraction of sp³-hybridized carbons (Fsp3) is 0.944. The SMILES string of the molecule is C[C@H](NC(=O)CCC1CCCCC1)[C@@H]1C[C@H]2CC[C@H]1C2. The molecule has 0 heterocycles. The number of fused-ring (bicyclic) bond motifs is 2. The van der Waals surface area contributed by atoms with E-state index in [0.717, 1.165) is 36.5 Å². The van der Waals surface area contributed by atoms with Gasteiger partial charge in [-0.15, -0.1) is 0 Å². The van der Waals surface area contributed by atoms with Crippen molar-refractivity contribution in [1.82, 2.24) is 5.32 Å². The van der Waals surface area contributed by atoms with E-state index < -0.39 is 0 Å². The maximum Gasteiger partial charge on any atom is 0.220 e. The number of amides is 1. The molecule has 0 radical (unpaired) electrons. The van der Waals surface area contributed by atoms with E-state index in [1.165, 1.54) is 57.8 Å². The lowest BCUT2D eigenvalue weighted by Gasteiger charge is -2.29. The van der Waals surface area contributed by atoms with Crippen molar-refractivity contribution in [2.24, 2.45) is 23.7 Å². The smallest absolute Gasteiger partial charge is 0.220 e. The zero-order valence-corrected chi connectivity index (χ0v) is 13.1. The molecule has 3 fully saturated rings. The second-order valence-electron chi connectivity index (χ2n) is 7.74. The van der Waals surface area contributed by atoms with Gasteiger partial charge in [0.25, 0.3) is 0 Å². The van der Waals surface area contributed by atoms with E-state index in [2.05, 4.69) is 12.2 Å². The Hall–Kier alpha value is -0.530. The molecule has 0 aromatic heterocycles. The maximum absolute atomic E-state index is 12.1. The molecule has 2 nitrogen and oxygen atoms in total. The third-order valence-electron chi connectivity index (χ3n) is 6.33. The predicted molar refractivity (Wildman–Crippen MR) is 82.4 cm³/mol. The van der Waals surface area contributed by atoms with Crippen LogP contribution in [-0.2, 0) is 4.79 Å². The molecule has 20 heavy (non-hydrogen) atoms. The van der Waals surface area contributed by atoms with E-state index in [1.807, 2.05) is 0 Å². The lowest BCUT2D eigenvalue weighted by molar-refractivity contribution is -0.122. The molecule has 1 N–H and O–H groups in total. The van der Waals surface area contributed by atoms with Crippen LogP contribution in [0.1, 0.15) is 77.6 Å². The molecule has 1 amide bonds. The van der Waals surface area contributed by atoms with Crippen molar-refractivity contribution in [3.05, 3.63) is 0 Å². The van der Waals surface area contributed by atoms with Gasteiger partial charge in [-0.1, -0.05) is 38.5 Å². The molecule has 114 valence electrons. The summed E-state index contributed by atoms with van der Waals surface area (Å²) >= 11 is 0. The molecule has 2 bridgehead atoms. The molecule has 0 aromatic carbocycles. The van der Waals surface area contributed by atoms with Gasteiger partial charge >= 0.3 is 0 Å². The summed E-state index contributed by atoms with van der Waals surface area (Å²) in [4.78, 5) is 12.1. The Balaban J connectivity index is 1.37. The van der Waals surface area contributed by atoms with Crippen LogP contribution in [0.25, 0.3) is 0 Å². The Labute approximate surface area is 124 Å². The minimum absolute atomic E-state index is 0.311. The quantitative estimate of drug-likeness (QED) is 0.798. The first-order valence-corrected chi connectivity index (χ1v) is 9.01. The summed E-state index contributed by atoms with van der Waals surface area (Å²) in [5.74, 6) is 3.80. The number of nitrogens with one attached hydrogen (secondary N) is 1. The van der Waals surface area contributed by atoms with Crippen molar-refractivity contribution in [2.75, 3.05) is 0 Å². The van der Waals surface area contributed by atoms with Gasteiger partial charge in [-0.2, -0.15) is 0 Å². The van der Waals surface area contributed by atoms with Gasteiger partial charge in [-0.3, -0.25) is 4.79 Å². The van der Waals surface area contributed by atoms with Crippen LogP contribution in [0.5, 0.6) is 0 Å². The Morgan fingerprint density at radius 3 is 2.55 bits per heavy atom. The van der Waals surface area contributed by atoms with Gasteiger partial charge in [0.1, 0.15) is 0 Å². The molecule has 3 aliphatic rings. The van der Waals surface area contributed by atoms with E-state index in [-0.39, 0.29) is 0 Å². The van der Waals surface area contributed by atoms with Crippen LogP contribution in [-0.4, -0.2) is 11.9 Å². The van der Waals surface area contributed by atoms with Crippen LogP contribution in [0.15, 0.2) is 0 Å². The monoisotopic (exact) mass is 277 g/mol. The Morgan fingerprint density at radius 2 is 1.90 bits per heavy atom. The van der Waals surface area contributed by atoms with Gasteiger partial charge in [-0.05, 0) is 56.3 Å². The van der Waals surface area contributed by atoms with Gasteiger partial charge in [-0.25, -0.2) is 0 Å². The van der Waals surface area contributed by atoms with E-state index in [0.29, 0.717) is 11.9 Å². The average Bonchev–Trinajstić information content (AvgIpc) is 3.09. The van der Waals surface area contributed by atoms with E-state index in [4.69, 9.17) is 0 Å². The number of rotatable bonds is 5. The lowest BCUT2D eigenvalue weighted by atomic mass is 9.83. The highest BCUT2D eigenvalue weighted by molar-refractivity contribution is 5.76. The molecule has 4 atom stereocenters. The number of hydrogen-bond acceptors (Lipinski definition) is 1. The van der Waals surface area contributed by atoms with Crippen LogP contribution in [0.4, 0.5) is 0 Å². The lowest BCUT2D eigenvalue weighted by Crippen LogP contribution is -2.40. The fourth-order valence-electron chi connectivity index (χ4n) is 5.15. The third-order valence-corrected chi connectivity index (χ3v) is 6.33. The zero-order valence-electron chi connectivity index (χ0n) is 13.1. The summed E-state index contributed by atoms with van der Waals surface area (Å²) in [5, 5.41) is 3.31. The summed E-state index contributed by atoms with van der Waals surface area (Å²) in [6.45, 7) is 2.24. The highest BCUT2D eigenvalue weighted by atomic mass is 16.1. The summed E-state index contributed by atoms with van der Waals surface area (Å²) in [7, 11) is 0. The minimum Gasteiger partial charge on any atom is -0.353 e. The normalized spacial score (nSPS) is 35.1. The van der Waals surface area contributed by atoms with Crippen molar-refractivity contribution >= 4 is 5.91 Å². The average molecular weight is 277 g/mol. The van der Waals surface area contributed by atoms with Crippen LogP contribution < -0.4 is 5.32 Å². The fourth-order valence-corrected chi connectivity index (χ4v) is 5.15. The minimum atomic E-state index is 0.311. The molecule has 3 aliphatic carbocycles. The van der Waals surface area contributed by atoms with Crippen molar-refractivity contribution < 1.29 is 4.79 Å². The van der Waals surface area contributed by atoms with E-state index in [1.54, 1.807) is 0 Å². The first-order chi connectivity index (χ1) is 9.72. The molecule has 3 rings (SSSR count). The predicted octanol–water partition coefficient (Wildman–Crippen LogP) is 4.29. The van der Waals surface area contributed by atoms with E-state index in [9.17, 15) is 4.79 Å². The Morgan fingerprint density at radius 1 is 1.10 bits per heavy atom. The van der Waals surface area contributed by atoms with Gasteiger partial charge < -0.3 is 5.32 Å². The first kappa shape index (κ1) is 14.4. The Kier molecular flexibility index (Phi) is 4.68. The summed E-state index contributed by atoms with van der Waals surface area (Å²) in [6, 6.07) is 0.407. The summed E-state index contributed by atoms with van der Waals surface area (Å²) in [5.41, 5.74) is 0. The largest absolute Gasteiger partial charge is 0.353 e. The van der Waals surface area contributed by atoms with Crippen LogP contribution >= 0.6 is 0 Å². The van der Waals surface area contributed by atoms with Crippen LogP contribution in [0.2, 0.25) is 0 Å². The Bertz CT molecular complexity index is 334. The van der Waals surface area contributed by atoms with Crippen molar-refractivity contribution in [1.29, 1.82) is 0 Å². The van der Waals surface area contributed by atoms with Crippen LogP contribution in [0.3, 0.4) is 0 Å². The standard InChI is InChI=1S/C18H31NO/c1-13(17-12-15-7-9-16(17)11-15)19-18(20)10-8-14-5-3-2-4-6-14/h13-17H,2-12H2,1H3,(H,19,20)/t13-,15-,16-,17-/m0/s1.